The molecule has 0 spiro atoms. The van der Waals surface area contributed by atoms with Crippen molar-refractivity contribution in [3.63, 3.8) is 0 Å². The molecular weight excluding hydrogens is 362 g/mol. The molecule has 2 aromatic carbocycles. The Kier molecular flexibility index (Phi) is 5.15. The molecule has 1 heterocycles. The molecule has 0 aliphatic rings. The number of nitrogens with zero attached hydrogens (tertiary/aromatic N) is 1. The van der Waals surface area contributed by atoms with Gasteiger partial charge in [-0.2, -0.15) is 0 Å². The van der Waals surface area contributed by atoms with Crippen molar-refractivity contribution in [1.82, 2.24) is 4.98 Å². The molecule has 6 heteroatoms. The summed E-state index contributed by atoms with van der Waals surface area (Å²) in [5.74, 6) is -0.843. The highest BCUT2D eigenvalue weighted by Crippen LogP contribution is 2.26. The Morgan fingerprint density at radius 2 is 1.70 bits per heavy atom. The van der Waals surface area contributed by atoms with Crippen LogP contribution in [0.25, 0.3) is 10.9 Å². The highest BCUT2D eigenvalue weighted by atomic mass is 35.5. The second kappa shape index (κ2) is 7.37. The molecule has 3 rings (SSSR count). The Morgan fingerprint density at radius 1 is 1.00 bits per heavy atom. The maximum Gasteiger partial charge on any atom is 0.239 e. The number of rotatable bonds is 4. The van der Waals surface area contributed by atoms with Crippen LogP contribution in [0, 0.1) is 12.3 Å². The molecule has 1 aromatic heterocycles. The molecule has 0 saturated heterocycles. The number of nitrogens with one attached hydrogen (secondary N) is 2. The van der Waals surface area contributed by atoms with Crippen molar-refractivity contribution in [2.24, 2.45) is 5.41 Å². The summed E-state index contributed by atoms with van der Waals surface area (Å²) in [6.07, 6.45) is 1.66. The minimum Gasteiger partial charge on any atom is -0.325 e. The van der Waals surface area contributed by atoms with Crippen LogP contribution < -0.4 is 10.6 Å². The Balaban J connectivity index is 1.79. The van der Waals surface area contributed by atoms with Crippen LogP contribution in [0.5, 0.6) is 0 Å². The number of benzene rings is 2. The van der Waals surface area contributed by atoms with E-state index in [0.717, 1.165) is 10.9 Å². The third-order valence-electron chi connectivity index (χ3n) is 4.45. The molecule has 0 radical (unpaired) electrons. The first-order chi connectivity index (χ1) is 12.8. The van der Waals surface area contributed by atoms with Crippen LogP contribution in [0.2, 0.25) is 5.02 Å². The Labute approximate surface area is 162 Å². The maximum absolute atomic E-state index is 12.8. The number of aromatic nitrogens is 1. The third kappa shape index (κ3) is 3.93. The summed E-state index contributed by atoms with van der Waals surface area (Å²) in [5.41, 5.74) is 1.40. The van der Waals surface area contributed by atoms with Crippen LogP contribution in [0.3, 0.4) is 0 Å². The summed E-state index contributed by atoms with van der Waals surface area (Å²) < 4.78 is 0. The molecule has 0 aliphatic heterocycles. The SMILES string of the molecule is Cc1ccc(NC(=O)C(C)(C)C(=O)Nc2cccc3cccnc23)cc1Cl. The normalized spacial score (nSPS) is 11.3. The van der Waals surface area contributed by atoms with Crippen molar-refractivity contribution in [3.05, 3.63) is 65.3 Å². The highest BCUT2D eigenvalue weighted by Gasteiger charge is 2.36. The summed E-state index contributed by atoms with van der Waals surface area (Å²) in [5, 5.41) is 7.04. The van der Waals surface area contributed by atoms with E-state index in [1.165, 1.54) is 0 Å². The fraction of sp³-hybridized carbons (Fsp3) is 0.190. The van der Waals surface area contributed by atoms with Gasteiger partial charge in [0.25, 0.3) is 0 Å². The van der Waals surface area contributed by atoms with Crippen molar-refractivity contribution in [2.45, 2.75) is 20.8 Å². The molecule has 27 heavy (non-hydrogen) atoms. The standard InChI is InChI=1S/C21H20ClN3O2/c1-13-9-10-15(12-16(13)22)24-19(26)21(2,3)20(27)25-17-8-4-6-14-7-5-11-23-18(14)17/h4-12H,1-3H3,(H,24,26)(H,25,27). The average molecular weight is 382 g/mol. The number of hydrogen-bond donors (Lipinski definition) is 2. The molecule has 3 aromatic rings. The monoisotopic (exact) mass is 381 g/mol. The fourth-order valence-corrected chi connectivity index (χ4v) is 2.73. The number of pyridine rings is 1. The summed E-state index contributed by atoms with van der Waals surface area (Å²) >= 11 is 6.10. The minimum absolute atomic E-state index is 0.420. The van der Waals surface area contributed by atoms with E-state index in [4.69, 9.17) is 11.6 Å². The van der Waals surface area contributed by atoms with Crippen LogP contribution in [-0.4, -0.2) is 16.8 Å². The number of hydrogen-bond acceptors (Lipinski definition) is 3. The topological polar surface area (TPSA) is 71.1 Å². The highest BCUT2D eigenvalue weighted by molar-refractivity contribution is 6.31. The number of para-hydroxylation sites is 1. The van der Waals surface area contributed by atoms with Gasteiger partial charge >= 0.3 is 0 Å². The van der Waals surface area contributed by atoms with Crippen LogP contribution in [0.4, 0.5) is 11.4 Å². The smallest absolute Gasteiger partial charge is 0.239 e. The lowest BCUT2D eigenvalue weighted by Crippen LogP contribution is -2.41. The van der Waals surface area contributed by atoms with E-state index in [1.54, 1.807) is 38.2 Å². The summed E-state index contributed by atoms with van der Waals surface area (Å²) in [7, 11) is 0. The van der Waals surface area contributed by atoms with Gasteiger partial charge in [0.05, 0.1) is 11.2 Å². The molecule has 2 N–H and O–H groups in total. The number of carbonyl (C=O) groups excluding carboxylic acids is 2. The predicted molar refractivity (Wildman–Crippen MR) is 109 cm³/mol. The molecule has 2 amide bonds. The maximum atomic E-state index is 12.8. The number of anilines is 2. The second-order valence-electron chi connectivity index (χ2n) is 6.88. The van der Waals surface area contributed by atoms with Gasteiger partial charge < -0.3 is 10.6 Å². The minimum atomic E-state index is -1.30. The van der Waals surface area contributed by atoms with Gasteiger partial charge in [-0.15, -0.1) is 0 Å². The Bertz CT molecular complexity index is 1030. The van der Waals surface area contributed by atoms with E-state index < -0.39 is 17.2 Å². The van der Waals surface area contributed by atoms with Crippen LogP contribution in [0.1, 0.15) is 19.4 Å². The fourth-order valence-electron chi connectivity index (χ4n) is 2.54. The molecule has 0 aliphatic carbocycles. The van der Waals surface area contributed by atoms with E-state index in [0.29, 0.717) is 21.9 Å². The van der Waals surface area contributed by atoms with E-state index in [-0.39, 0.29) is 0 Å². The molecule has 5 nitrogen and oxygen atoms in total. The summed E-state index contributed by atoms with van der Waals surface area (Å²) in [4.78, 5) is 29.8. The Morgan fingerprint density at radius 3 is 2.44 bits per heavy atom. The van der Waals surface area contributed by atoms with Crippen molar-refractivity contribution < 1.29 is 9.59 Å². The zero-order valence-electron chi connectivity index (χ0n) is 15.3. The number of carbonyl (C=O) groups is 2. The van der Waals surface area contributed by atoms with Gasteiger partial charge in [0.2, 0.25) is 11.8 Å². The lowest BCUT2D eigenvalue weighted by Gasteiger charge is -2.23. The molecule has 0 fully saturated rings. The molecular formula is C21H20ClN3O2. The number of fused-ring (bicyclic) bond motifs is 1. The van der Waals surface area contributed by atoms with Gasteiger partial charge in [-0.1, -0.05) is 35.9 Å². The van der Waals surface area contributed by atoms with E-state index in [9.17, 15) is 9.59 Å². The van der Waals surface area contributed by atoms with Crippen molar-refractivity contribution in [2.75, 3.05) is 10.6 Å². The van der Waals surface area contributed by atoms with Crippen LogP contribution >= 0.6 is 11.6 Å². The van der Waals surface area contributed by atoms with E-state index in [1.807, 2.05) is 37.3 Å². The van der Waals surface area contributed by atoms with Crippen LogP contribution in [-0.2, 0) is 9.59 Å². The largest absolute Gasteiger partial charge is 0.325 e. The van der Waals surface area contributed by atoms with Gasteiger partial charge in [-0.05, 0) is 50.6 Å². The van der Waals surface area contributed by atoms with Gasteiger partial charge in [-0.25, -0.2) is 0 Å². The van der Waals surface area contributed by atoms with E-state index in [2.05, 4.69) is 15.6 Å². The first-order valence-electron chi connectivity index (χ1n) is 8.52. The van der Waals surface area contributed by atoms with Crippen molar-refractivity contribution >= 4 is 45.7 Å². The van der Waals surface area contributed by atoms with Gasteiger partial charge in [0.1, 0.15) is 5.41 Å². The van der Waals surface area contributed by atoms with Gasteiger partial charge in [-0.3, -0.25) is 14.6 Å². The van der Waals surface area contributed by atoms with Gasteiger partial charge in [0, 0.05) is 22.3 Å². The molecule has 0 atom stereocenters. The molecule has 0 unspecified atom stereocenters. The van der Waals surface area contributed by atoms with Crippen molar-refractivity contribution in [3.8, 4) is 0 Å². The van der Waals surface area contributed by atoms with Crippen molar-refractivity contribution in [1.29, 1.82) is 0 Å². The number of halogens is 1. The zero-order chi connectivity index (χ0) is 19.6. The summed E-state index contributed by atoms with van der Waals surface area (Å²) in [6, 6.07) is 14.5. The first-order valence-corrected chi connectivity index (χ1v) is 8.89. The third-order valence-corrected chi connectivity index (χ3v) is 4.85. The van der Waals surface area contributed by atoms with Crippen LogP contribution in [0.15, 0.2) is 54.7 Å². The number of amides is 2. The second-order valence-corrected chi connectivity index (χ2v) is 7.29. The summed E-state index contributed by atoms with van der Waals surface area (Å²) in [6.45, 7) is 5.03. The lowest BCUT2D eigenvalue weighted by molar-refractivity contribution is -0.135. The van der Waals surface area contributed by atoms with Gasteiger partial charge in [0.15, 0.2) is 0 Å². The lowest BCUT2D eigenvalue weighted by atomic mass is 9.90. The zero-order valence-corrected chi connectivity index (χ0v) is 16.1. The van der Waals surface area contributed by atoms with E-state index >= 15 is 0 Å². The molecule has 138 valence electrons. The molecule has 0 bridgehead atoms. The first kappa shape index (κ1) is 18.9. The molecule has 0 saturated carbocycles. The quantitative estimate of drug-likeness (QED) is 0.637. The number of aryl methyl sites for hydroxylation is 1. The average Bonchev–Trinajstić information content (AvgIpc) is 2.65. The predicted octanol–water partition coefficient (Wildman–Crippen LogP) is 4.80. The Hall–Kier alpha value is -2.92.